The van der Waals surface area contributed by atoms with Crippen LogP contribution in [0.1, 0.15) is 0 Å². The van der Waals surface area contributed by atoms with Gasteiger partial charge in [-0.15, -0.1) is 0 Å². The highest BCUT2D eigenvalue weighted by Crippen LogP contribution is 2.36. The first-order valence-electron chi connectivity index (χ1n) is 6.84. The van der Waals surface area contributed by atoms with Crippen molar-refractivity contribution in [1.29, 1.82) is 0 Å². The molecule has 0 fully saturated rings. The quantitative estimate of drug-likeness (QED) is 0.735. The first-order valence-corrected chi connectivity index (χ1v) is 8.62. The second-order valence-electron chi connectivity index (χ2n) is 5.01. The molecule has 0 spiro atoms. The largest absolute Gasteiger partial charge is 0.423 e. The summed E-state index contributed by atoms with van der Waals surface area (Å²) in [6.07, 6.45) is 1.58. The molecule has 2 N–H and O–H groups in total. The van der Waals surface area contributed by atoms with Crippen LogP contribution in [0.5, 0.6) is 5.75 Å². The number of benzene rings is 2. The summed E-state index contributed by atoms with van der Waals surface area (Å²) in [6, 6.07) is 12.3. The van der Waals surface area contributed by atoms with Crippen LogP contribution >= 0.6 is 11.6 Å². The van der Waals surface area contributed by atoms with Crippen LogP contribution in [0.2, 0.25) is 5.02 Å². The van der Waals surface area contributed by atoms with Crippen LogP contribution in [0.25, 0.3) is 11.3 Å². The van der Waals surface area contributed by atoms with Crippen molar-refractivity contribution in [2.75, 3.05) is 10.0 Å². The fraction of sp³-hybridized carbons (Fsp3) is 0. The molecule has 0 saturated carbocycles. The van der Waals surface area contributed by atoms with E-state index in [4.69, 9.17) is 20.2 Å². The predicted octanol–water partition coefficient (Wildman–Crippen LogP) is 3.79. The summed E-state index contributed by atoms with van der Waals surface area (Å²) in [5, 5.41) is 3.59. The molecule has 2 aromatic carbocycles. The van der Waals surface area contributed by atoms with E-state index in [1.54, 1.807) is 36.5 Å². The molecular weight excluding hydrogens is 354 g/mol. The van der Waals surface area contributed by atoms with Gasteiger partial charge in [0.1, 0.15) is 0 Å². The van der Waals surface area contributed by atoms with Crippen molar-refractivity contribution in [3.05, 3.63) is 53.7 Å². The molecule has 0 atom stereocenters. The molecule has 1 aliphatic rings. The van der Waals surface area contributed by atoms with Gasteiger partial charge in [-0.05, 0) is 36.4 Å². The van der Waals surface area contributed by atoms with Gasteiger partial charge in [0.05, 0.1) is 11.9 Å². The number of nitrogens with one attached hydrogen (secondary N) is 2. The first-order chi connectivity index (χ1) is 11.5. The maximum Gasteiger partial charge on any atom is 0.407 e. The van der Waals surface area contributed by atoms with E-state index in [1.165, 1.54) is 0 Å². The van der Waals surface area contributed by atoms with Gasteiger partial charge in [-0.1, -0.05) is 11.6 Å². The zero-order valence-corrected chi connectivity index (χ0v) is 13.6. The molecule has 7 nitrogen and oxygen atoms in total. The van der Waals surface area contributed by atoms with Crippen molar-refractivity contribution in [2.45, 2.75) is 0 Å². The average Bonchev–Trinajstić information content (AvgIpc) is 3.10. The van der Waals surface area contributed by atoms with Crippen LogP contribution < -0.4 is 14.2 Å². The van der Waals surface area contributed by atoms with Gasteiger partial charge in [0.2, 0.25) is 0 Å². The molecule has 4 rings (SSSR count). The number of anilines is 3. The Morgan fingerprint density at radius 2 is 1.92 bits per heavy atom. The minimum absolute atomic E-state index is 0.212. The van der Waals surface area contributed by atoms with E-state index >= 15 is 0 Å². The summed E-state index contributed by atoms with van der Waals surface area (Å²) in [5.74, 6) is 0.792. The van der Waals surface area contributed by atoms with Crippen molar-refractivity contribution in [3.63, 3.8) is 0 Å². The zero-order chi connectivity index (χ0) is 16.7. The molecule has 0 amide bonds. The van der Waals surface area contributed by atoms with Crippen LogP contribution in [0.4, 0.5) is 17.4 Å². The Labute approximate surface area is 142 Å². The number of halogens is 1. The summed E-state index contributed by atoms with van der Waals surface area (Å²) in [4.78, 5) is 4.15. The normalized spacial score (nSPS) is 14.5. The van der Waals surface area contributed by atoms with E-state index in [0.717, 1.165) is 5.56 Å². The Kier molecular flexibility index (Phi) is 3.36. The fourth-order valence-electron chi connectivity index (χ4n) is 2.23. The lowest BCUT2D eigenvalue weighted by Gasteiger charge is -2.03. The number of fused-ring (bicyclic) bond motifs is 1. The monoisotopic (exact) mass is 363 g/mol. The minimum atomic E-state index is -3.76. The van der Waals surface area contributed by atoms with Gasteiger partial charge in [-0.2, -0.15) is 8.42 Å². The molecule has 0 unspecified atom stereocenters. The Balaban J connectivity index is 1.56. The molecular formula is C15H10ClN3O4S. The summed E-state index contributed by atoms with van der Waals surface area (Å²) in [6.45, 7) is 0. The minimum Gasteiger partial charge on any atom is -0.423 e. The molecule has 1 aromatic heterocycles. The van der Waals surface area contributed by atoms with Gasteiger partial charge in [-0.25, -0.2) is 9.71 Å². The third-order valence-corrected chi connectivity index (χ3v) is 4.42. The van der Waals surface area contributed by atoms with Crippen molar-refractivity contribution in [2.24, 2.45) is 0 Å². The lowest BCUT2D eigenvalue weighted by molar-refractivity contribution is 0.503. The summed E-state index contributed by atoms with van der Waals surface area (Å²) < 4.78 is 35.4. The number of hydrogen-bond acceptors (Lipinski definition) is 6. The molecule has 0 radical (unpaired) electrons. The Morgan fingerprint density at radius 3 is 2.71 bits per heavy atom. The molecule has 122 valence electrons. The van der Waals surface area contributed by atoms with E-state index in [2.05, 4.69) is 15.0 Å². The standard InChI is InChI=1S/C15H10ClN3O4S/c16-10-3-1-9(2-4-10)14-8-17-15(22-14)18-11-5-6-12-13(7-11)23-24(20,21)19-12/h1-8,19H,(H,17,18). The van der Waals surface area contributed by atoms with Gasteiger partial charge >= 0.3 is 10.3 Å². The van der Waals surface area contributed by atoms with Crippen molar-refractivity contribution >= 4 is 39.3 Å². The third kappa shape index (κ3) is 2.89. The zero-order valence-electron chi connectivity index (χ0n) is 12.0. The van der Waals surface area contributed by atoms with Gasteiger partial charge in [0, 0.05) is 22.3 Å². The van der Waals surface area contributed by atoms with E-state index in [9.17, 15) is 8.42 Å². The highest BCUT2D eigenvalue weighted by Gasteiger charge is 2.25. The van der Waals surface area contributed by atoms with E-state index in [0.29, 0.717) is 22.2 Å². The predicted molar refractivity (Wildman–Crippen MR) is 89.8 cm³/mol. The maximum atomic E-state index is 11.3. The molecule has 0 aliphatic carbocycles. The van der Waals surface area contributed by atoms with Crippen LogP contribution in [0.15, 0.2) is 53.1 Å². The average molecular weight is 364 g/mol. The van der Waals surface area contributed by atoms with E-state index in [1.807, 2.05) is 12.1 Å². The number of rotatable bonds is 3. The summed E-state index contributed by atoms with van der Waals surface area (Å²) >= 11 is 5.86. The number of hydrogen-bond donors (Lipinski definition) is 2. The number of nitrogens with zero attached hydrogens (tertiary/aromatic N) is 1. The van der Waals surface area contributed by atoms with Crippen molar-refractivity contribution < 1.29 is 17.0 Å². The SMILES string of the molecule is O=S1(=O)Nc2ccc(Nc3ncc(-c4ccc(Cl)cc4)o3)cc2O1. The van der Waals surface area contributed by atoms with Gasteiger partial charge in [0.15, 0.2) is 11.5 Å². The summed E-state index contributed by atoms with van der Waals surface area (Å²) in [5.41, 5.74) is 1.81. The van der Waals surface area contributed by atoms with E-state index < -0.39 is 10.3 Å². The number of aromatic nitrogens is 1. The van der Waals surface area contributed by atoms with Gasteiger partial charge in [0.25, 0.3) is 6.01 Å². The van der Waals surface area contributed by atoms with Crippen LogP contribution in [-0.4, -0.2) is 13.4 Å². The molecule has 24 heavy (non-hydrogen) atoms. The summed E-state index contributed by atoms with van der Waals surface area (Å²) in [7, 11) is -3.76. The molecule has 1 aliphatic heterocycles. The molecule has 3 aromatic rings. The fourth-order valence-corrected chi connectivity index (χ4v) is 3.21. The second kappa shape index (κ2) is 5.43. The third-order valence-electron chi connectivity index (χ3n) is 3.30. The highest BCUT2D eigenvalue weighted by molar-refractivity contribution is 7.88. The highest BCUT2D eigenvalue weighted by atomic mass is 35.5. The molecule has 9 heteroatoms. The molecule has 2 heterocycles. The van der Waals surface area contributed by atoms with Crippen molar-refractivity contribution in [1.82, 2.24) is 4.98 Å². The first kappa shape index (κ1) is 14.9. The Hall–Kier alpha value is -2.71. The Morgan fingerprint density at radius 1 is 1.12 bits per heavy atom. The Bertz CT molecular complexity index is 1020. The second-order valence-corrected chi connectivity index (χ2v) is 6.73. The van der Waals surface area contributed by atoms with E-state index in [-0.39, 0.29) is 11.8 Å². The lowest BCUT2D eigenvalue weighted by Crippen LogP contribution is -2.10. The lowest BCUT2D eigenvalue weighted by atomic mass is 10.2. The van der Waals surface area contributed by atoms with Gasteiger partial charge < -0.3 is 13.9 Å². The smallest absolute Gasteiger partial charge is 0.407 e. The van der Waals surface area contributed by atoms with Crippen LogP contribution in [0.3, 0.4) is 0 Å². The molecule has 0 saturated heterocycles. The maximum absolute atomic E-state index is 11.3. The van der Waals surface area contributed by atoms with Crippen LogP contribution in [-0.2, 0) is 10.3 Å². The molecule has 0 bridgehead atoms. The van der Waals surface area contributed by atoms with Crippen LogP contribution in [0, 0.1) is 0 Å². The topological polar surface area (TPSA) is 93.5 Å². The number of oxazole rings is 1. The van der Waals surface area contributed by atoms with Crippen molar-refractivity contribution in [3.8, 4) is 17.1 Å². The van der Waals surface area contributed by atoms with Gasteiger partial charge in [-0.3, -0.25) is 0 Å².